The van der Waals surface area contributed by atoms with Crippen molar-refractivity contribution in [3.8, 4) is 5.75 Å². The maximum Gasteiger partial charge on any atom is 0.225 e. The van der Waals surface area contributed by atoms with Crippen LogP contribution in [0.3, 0.4) is 0 Å². The van der Waals surface area contributed by atoms with Gasteiger partial charge >= 0.3 is 0 Å². The van der Waals surface area contributed by atoms with Crippen molar-refractivity contribution < 1.29 is 9.53 Å². The molecular weight excluding hydrogens is 254 g/mol. The Kier molecular flexibility index (Phi) is 7.69. The second-order valence-electron chi connectivity index (χ2n) is 4.94. The van der Waals surface area contributed by atoms with E-state index in [0.29, 0.717) is 13.0 Å². The van der Waals surface area contributed by atoms with Crippen LogP contribution in [0.15, 0.2) is 24.3 Å². The molecule has 1 rings (SSSR count). The van der Waals surface area contributed by atoms with E-state index in [-0.39, 0.29) is 5.91 Å². The molecule has 1 amide bonds. The van der Waals surface area contributed by atoms with Gasteiger partial charge in [-0.15, -0.1) is 0 Å². The van der Waals surface area contributed by atoms with E-state index < -0.39 is 0 Å². The molecule has 0 aliphatic heterocycles. The molecule has 0 aromatic heterocycles. The first-order valence-corrected chi connectivity index (χ1v) is 6.91. The molecule has 0 unspecified atom stereocenters. The fraction of sp³-hybridized carbons (Fsp3) is 0.533. The molecule has 0 aliphatic rings. The van der Waals surface area contributed by atoms with E-state index in [1.165, 1.54) is 0 Å². The molecule has 0 saturated carbocycles. The molecule has 0 bridgehead atoms. The van der Waals surface area contributed by atoms with Crippen LogP contribution in [0.4, 0.5) is 5.69 Å². The lowest BCUT2D eigenvalue weighted by molar-refractivity contribution is -0.116. The molecule has 1 aromatic rings. The zero-order chi connectivity index (χ0) is 14.8. The summed E-state index contributed by atoms with van der Waals surface area (Å²) in [7, 11) is 5.72. The number of methoxy groups -OCH3 is 1. The summed E-state index contributed by atoms with van der Waals surface area (Å²) < 4.78 is 5.11. The summed E-state index contributed by atoms with van der Waals surface area (Å²) in [5, 5.41) is 6.13. The lowest BCUT2D eigenvalue weighted by Crippen LogP contribution is -2.25. The van der Waals surface area contributed by atoms with Crippen LogP contribution in [0.1, 0.15) is 12.8 Å². The van der Waals surface area contributed by atoms with Gasteiger partial charge in [0.05, 0.1) is 7.11 Å². The van der Waals surface area contributed by atoms with Crippen LogP contribution < -0.4 is 15.4 Å². The van der Waals surface area contributed by atoms with Gasteiger partial charge in [0.1, 0.15) is 5.75 Å². The lowest BCUT2D eigenvalue weighted by Gasteiger charge is -2.10. The quantitative estimate of drug-likeness (QED) is 0.674. The maximum atomic E-state index is 11.8. The van der Waals surface area contributed by atoms with Crippen molar-refractivity contribution in [1.82, 2.24) is 10.2 Å². The first-order valence-electron chi connectivity index (χ1n) is 6.91. The Morgan fingerprint density at radius 2 is 2.10 bits per heavy atom. The molecule has 0 atom stereocenters. The minimum Gasteiger partial charge on any atom is -0.497 e. The van der Waals surface area contributed by atoms with E-state index in [9.17, 15) is 4.79 Å². The van der Waals surface area contributed by atoms with E-state index in [1.807, 2.05) is 24.3 Å². The van der Waals surface area contributed by atoms with Crippen LogP contribution in [-0.2, 0) is 4.79 Å². The smallest absolute Gasteiger partial charge is 0.225 e. The summed E-state index contributed by atoms with van der Waals surface area (Å²) in [6, 6.07) is 7.36. The number of carbonyl (C=O) groups is 1. The second-order valence-corrected chi connectivity index (χ2v) is 4.94. The number of hydrogen-bond donors (Lipinski definition) is 2. The average Bonchev–Trinajstić information content (AvgIpc) is 2.42. The third-order valence-corrected chi connectivity index (χ3v) is 2.84. The molecule has 0 fully saturated rings. The molecule has 0 spiro atoms. The van der Waals surface area contributed by atoms with Crippen molar-refractivity contribution in [2.45, 2.75) is 12.8 Å². The third-order valence-electron chi connectivity index (χ3n) is 2.84. The Hall–Kier alpha value is -1.59. The standard InChI is InChI=1S/C15H25N3O2/c1-18(2)11-5-9-16-10-8-15(19)17-13-6-4-7-14(12-13)20-3/h4,6-7,12,16H,5,8-11H2,1-3H3,(H,17,19). The number of carbonyl (C=O) groups excluding carboxylic acids is 1. The van der Waals surface area contributed by atoms with Crippen molar-refractivity contribution in [1.29, 1.82) is 0 Å². The third kappa shape index (κ3) is 7.11. The van der Waals surface area contributed by atoms with Crippen LogP contribution >= 0.6 is 0 Å². The van der Waals surface area contributed by atoms with Gasteiger partial charge in [-0.1, -0.05) is 6.07 Å². The first-order chi connectivity index (χ1) is 9.61. The topological polar surface area (TPSA) is 53.6 Å². The summed E-state index contributed by atoms with van der Waals surface area (Å²) in [4.78, 5) is 13.9. The number of ether oxygens (including phenoxy) is 1. The van der Waals surface area contributed by atoms with Crippen LogP contribution in [0, 0.1) is 0 Å². The van der Waals surface area contributed by atoms with Crippen molar-refractivity contribution in [3.63, 3.8) is 0 Å². The van der Waals surface area contributed by atoms with Crippen LogP contribution in [0.2, 0.25) is 0 Å². The van der Waals surface area contributed by atoms with Crippen molar-refractivity contribution in [2.24, 2.45) is 0 Å². The summed E-state index contributed by atoms with van der Waals surface area (Å²) in [6.45, 7) is 2.69. The molecule has 0 radical (unpaired) electrons. The van der Waals surface area contributed by atoms with Crippen molar-refractivity contribution in [3.05, 3.63) is 24.3 Å². The molecule has 1 aromatic carbocycles. The molecule has 0 saturated heterocycles. The van der Waals surface area contributed by atoms with Gasteiger partial charge in [-0.25, -0.2) is 0 Å². The Bertz CT molecular complexity index is 408. The van der Waals surface area contributed by atoms with Gasteiger partial charge < -0.3 is 20.3 Å². The largest absolute Gasteiger partial charge is 0.497 e. The predicted octanol–water partition coefficient (Wildman–Crippen LogP) is 1.57. The molecule has 0 aliphatic carbocycles. The summed E-state index contributed by atoms with van der Waals surface area (Å²) in [5.74, 6) is 0.753. The first kappa shape index (κ1) is 16.5. The van der Waals surface area contributed by atoms with Gasteiger partial charge in [-0.3, -0.25) is 4.79 Å². The molecule has 5 nitrogen and oxygen atoms in total. The average molecular weight is 279 g/mol. The van der Waals surface area contributed by atoms with Crippen molar-refractivity contribution >= 4 is 11.6 Å². The number of benzene rings is 1. The van der Waals surface area contributed by atoms with E-state index in [2.05, 4.69) is 29.6 Å². The van der Waals surface area contributed by atoms with Gasteiger partial charge in [0.15, 0.2) is 0 Å². The van der Waals surface area contributed by atoms with Gasteiger partial charge in [-0.2, -0.15) is 0 Å². The number of nitrogens with one attached hydrogen (secondary N) is 2. The lowest BCUT2D eigenvalue weighted by atomic mass is 10.3. The highest BCUT2D eigenvalue weighted by atomic mass is 16.5. The Morgan fingerprint density at radius 3 is 2.80 bits per heavy atom. The van der Waals surface area contributed by atoms with Gasteiger partial charge in [-0.05, 0) is 45.7 Å². The van der Waals surface area contributed by atoms with Crippen LogP contribution in [-0.4, -0.2) is 51.6 Å². The van der Waals surface area contributed by atoms with E-state index >= 15 is 0 Å². The van der Waals surface area contributed by atoms with Gasteiger partial charge in [0.25, 0.3) is 0 Å². The predicted molar refractivity (Wildman–Crippen MR) is 82.3 cm³/mol. The zero-order valence-electron chi connectivity index (χ0n) is 12.6. The van der Waals surface area contributed by atoms with Gasteiger partial charge in [0, 0.05) is 24.7 Å². The number of nitrogens with zero attached hydrogens (tertiary/aromatic N) is 1. The number of rotatable bonds is 9. The van der Waals surface area contributed by atoms with E-state index in [4.69, 9.17) is 4.74 Å². The number of anilines is 1. The van der Waals surface area contributed by atoms with E-state index in [0.717, 1.165) is 30.9 Å². The number of amides is 1. The van der Waals surface area contributed by atoms with Gasteiger partial charge in [0.2, 0.25) is 5.91 Å². The Morgan fingerprint density at radius 1 is 1.30 bits per heavy atom. The molecule has 20 heavy (non-hydrogen) atoms. The summed E-state index contributed by atoms with van der Waals surface area (Å²) in [6.07, 6.45) is 1.56. The fourth-order valence-corrected chi connectivity index (χ4v) is 1.77. The zero-order valence-corrected chi connectivity index (χ0v) is 12.6. The fourth-order valence-electron chi connectivity index (χ4n) is 1.77. The SMILES string of the molecule is COc1cccc(NC(=O)CCNCCCN(C)C)c1. The second kappa shape index (κ2) is 9.34. The molecular formula is C15H25N3O2. The van der Waals surface area contributed by atoms with Crippen molar-refractivity contribution in [2.75, 3.05) is 46.2 Å². The highest BCUT2D eigenvalue weighted by Crippen LogP contribution is 2.16. The minimum absolute atomic E-state index is 0.0124. The minimum atomic E-state index is 0.0124. The normalized spacial score (nSPS) is 10.6. The molecule has 2 N–H and O–H groups in total. The number of hydrogen-bond acceptors (Lipinski definition) is 4. The highest BCUT2D eigenvalue weighted by molar-refractivity contribution is 5.90. The van der Waals surface area contributed by atoms with Crippen LogP contribution in [0.25, 0.3) is 0 Å². The Labute approximate surface area is 121 Å². The maximum absolute atomic E-state index is 11.8. The summed E-state index contributed by atoms with van der Waals surface area (Å²) >= 11 is 0. The Balaban J connectivity index is 2.16. The monoisotopic (exact) mass is 279 g/mol. The molecule has 5 heteroatoms. The van der Waals surface area contributed by atoms with E-state index in [1.54, 1.807) is 7.11 Å². The highest BCUT2D eigenvalue weighted by Gasteiger charge is 2.02. The molecule has 0 heterocycles. The summed E-state index contributed by atoms with van der Waals surface area (Å²) in [5.41, 5.74) is 0.766. The van der Waals surface area contributed by atoms with Crippen LogP contribution in [0.5, 0.6) is 5.75 Å². The molecule has 112 valence electrons.